The van der Waals surface area contributed by atoms with E-state index < -0.39 is 0 Å². The molecule has 5 heterocycles. The van der Waals surface area contributed by atoms with Crippen LogP contribution in [-0.2, 0) is 6.42 Å². The number of anilines is 1. The number of fused-ring (bicyclic) bond motifs is 5. The van der Waals surface area contributed by atoms with Crippen LogP contribution in [0.3, 0.4) is 0 Å². The highest BCUT2D eigenvalue weighted by Gasteiger charge is 2.37. The Morgan fingerprint density at radius 1 is 1.19 bits per heavy atom. The van der Waals surface area contributed by atoms with Crippen molar-refractivity contribution in [2.45, 2.75) is 51.1 Å². The van der Waals surface area contributed by atoms with E-state index in [0.29, 0.717) is 29.5 Å². The summed E-state index contributed by atoms with van der Waals surface area (Å²) in [5, 5.41) is 7.56. The van der Waals surface area contributed by atoms with Gasteiger partial charge in [-0.1, -0.05) is 6.92 Å². The van der Waals surface area contributed by atoms with Crippen LogP contribution in [0.15, 0.2) is 30.7 Å². The van der Waals surface area contributed by atoms with E-state index in [1.54, 1.807) is 16.8 Å². The van der Waals surface area contributed by atoms with Crippen molar-refractivity contribution >= 4 is 17.4 Å². The van der Waals surface area contributed by atoms with E-state index in [-0.39, 0.29) is 23.8 Å². The third-order valence-corrected chi connectivity index (χ3v) is 7.08. The third-order valence-electron chi connectivity index (χ3n) is 7.08. The van der Waals surface area contributed by atoms with Gasteiger partial charge in [-0.15, -0.1) is 0 Å². The Hall–Kier alpha value is -3.03. The van der Waals surface area contributed by atoms with Crippen LogP contribution in [0.5, 0.6) is 0 Å². The SMILES string of the molecule is C[C@H]1CCN2c3ccn4ncc(c4n3)C(=O)N[C@H](C3CC3)CCc3ncc(F)cc3[C@H]12. The zero-order chi connectivity index (χ0) is 21.1. The first-order valence-corrected chi connectivity index (χ1v) is 11.1. The molecule has 160 valence electrons. The van der Waals surface area contributed by atoms with Crippen molar-refractivity contribution in [1.29, 1.82) is 0 Å². The number of aryl methyl sites for hydroxylation is 1. The zero-order valence-electron chi connectivity index (χ0n) is 17.5. The van der Waals surface area contributed by atoms with Crippen LogP contribution in [0.25, 0.3) is 5.65 Å². The topological polar surface area (TPSA) is 75.4 Å². The molecule has 3 aliphatic rings. The molecule has 0 unspecified atom stereocenters. The van der Waals surface area contributed by atoms with Crippen molar-refractivity contribution in [3.8, 4) is 0 Å². The van der Waals surface area contributed by atoms with Crippen molar-refractivity contribution in [3.63, 3.8) is 0 Å². The molecule has 31 heavy (non-hydrogen) atoms. The lowest BCUT2D eigenvalue weighted by Gasteiger charge is -2.30. The van der Waals surface area contributed by atoms with E-state index in [1.165, 1.54) is 6.20 Å². The largest absolute Gasteiger partial charge is 0.349 e. The molecule has 2 aliphatic heterocycles. The van der Waals surface area contributed by atoms with Crippen LogP contribution < -0.4 is 10.2 Å². The van der Waals surface area contributed by atoms with Crippen LogP contribution in [0.2, 0.25) is 0 Å². The molecule has 3 aromatic rings. The Morgan fingerprint density at radius 3 is 2.90 bits per heavy atom. The van der Waals surface area contributed by atoms with Crippen molar-refractivity contribution < 1.29 is 9.18 Å². The summed E-state index contributed by atoms with van der Waals surface area (Å²) in [6.45, 7) is 3.03. The van der Waals surface area contributed by atoms with E-state index in [9.17, 15) is 9.18 Å². The number of hydrogen-bond donors (Lipinski definition) is 1. The summed E-state index contributed by atoms with van der Waals surface area (Å²) in [5.74, 6) is 1.17. The van der Waals surface area contributed by atoms with Gasteiger partial charge in [0.25, 0.3) is 5.91 Å². The maximum Gasteiger partial charge on any atom is 0.256 e. The summed E-state index contributed by atoms with van der Waals surface area (Å²) in [5.41, 5.74) is 2.92. The normalized spacial score (nSPS) is 26.1. The van der Waals surface area contributed by atoms with Gasteiger partial charge in [-0.2, -0.15) is 5.10 Å². The molecule has 0 aromatic carbocycles. The molecule has 3 atom stereocenters. The molecular weight excluding hydrogens is 395 g/mol. The smallest absolute Gasteiger partial charge is 0.256 e. The molecule has 7 nitrogen and oxygen atoms in total. The monoisotopic (exact) mass is 420 g/mol. The number of aromatic nitrogens is 4. The average molecular weight is 420 g/mol. The van der Waals surface area contributed by atoms with Crippen molar-refractivity contribution in [3.05, 3.63) is 53.4 Å². The van der Waals surface area contributed by atoms with Crippen LogP contribution in [0.1, 0.15) is 60.3 Å². The van der Waals surface area contributed by atoms with Gasteiger partial charge < -0.3 is 10.2 Å². The molecule has 1 aliphatic carbocycles. The van der Waals surface area contributed by atoms with E-state index in [0.717, 1.165) is 49.3 Å². The first kappa shape index (κ1) is 18.7. The maximum atomic E-state index is 14.3. The lowest BCUT2D eigenvalue weighted by Crippen LogP contribution is -2.37. The third kappa shape index (κ3) is 3.16. The first-order valence-electron chi connectivity index (χ1n) is 11.1. The molecule has 1 N–H and O–H groups in total. The fourth-order valence-corrected chi connectivity index (χ4v) is 5.27. The predicted molar refractivity (Wildman–Crippen MR) is 113 cm³/mol. The molecule has 0 radical (unpaired) electrons. The highest BCUT2D eigenvalue weighted by Crippen LogP contribution is 2.42. The zero-order valence-corrected chi connectivity index (χ0v) is 17.5. The second-order valence-corrected chi connectivity index (χ2v) is 9.16. The average Bonchev–Trinajstić information content (AvgIpc) is 3.41. The van der Waals surface area contributed by atoms with Gasteiger partial charge in [-0.25, -0.2) is 13.9 Å². The minimum absolute atomic E-state index is 0.00307. The summed E-state index contributed by atoms with van der Waals surface area (Å²) in [4.78, 5) is 24.7. The minimum atomic E-state index is -0.310. The van der Waals surface area contributed by atoms with Gasteiger partial charge in [0.05, 0.1) is 18.4 Å². The minimum Gasteiger partial charge on any atom is -0.349 e. The molecule has 6 rings (SSSR count). The lowest BCUT2D eigenvalue weighted by atomic mass is 9.91. The quantitative estimate of drug-likeness (QED) is 0.654. The van der Waals surface area contributed by atoms with Crippen LogP contribution in [-0.4, -0.2) is 38.1 Å². The molecule has 0 spiro atoms. The summed E-state index contributed by atoms with van der Waals surface area (Å²) in [7, 11) is 0. The van der Waals surface area contributed by atoms with Crippen LogP contribution in [0.4, 0.5) is 10.2 Å². The van der Waals surface area contributed by atoms with Gasteiger partial charge in [0.1, 0.15) is 17.2 Å². The van der Waals surface area contributed by atoms with E-state index >= 15 is 0 Å². The first-order chi connectivity index (χ1) is 15.1. The standard InChI is InChI=1S/C23H25FN6O/c1-13-6-8-29-20-7-9-30-22(28-20)17(12-26-30)23(31)27-18(14-2-3-14)4-5-19-16(21(13)29)10-15(24)11-25-19/h7,9-14,18,21H,2-6,8H2,1H3,(H,27,31)/t13-,18-,21-/m0/s1. The Bertz CT molecular complexity index is 1170. The summed E-state index contributed by atoms with van der Waals surface area (Å²) < 4.78 is 16.0. The molecule has 8 heteroatoms. The Balaban J connectivity index is 1.53. The van der Waals surface area contributed by atoms with Gasteiger partial charge in [-0.05, 0) is 61.6 Å². The molecule has 3 aromatic heterocycles. The van der Waals surface area contributed by atoms with Gasteiger partial charge in [0.2, 0.25) is 0 Å². The van der Waals surface area contributed by atoms with Gasteiger partial charge in [-0.3, -0.25) is 9.78 Å². The number of hydrogen-bond acceptors (Lipinski definition) is 5. The number of carbonyl (C=O) groups excluding carboxylic acids is 1. The number of halogens is 1. The fourth-order valence-electron chi connectivity index (χ4n) is 5.27. The number of carbonyl (C=O) groups is 1. The molecule has 2 fully saturated rings. The number of nitrogens with zero attached hydrogens (tertiary/aromatic N) is 5. The van der Waals surface area contributed by atoms with Gasteiger partial charge in [0, 0.05) is 24.5 Å². The van der Waals surface area contributed by atoms with E-state index in [4.69, 9.17) is 4.98 Å². The Kier molecular flexibility index (Phi) is 4.23. The van der Waals surface area contributed by atoms with Crippen LogP contribution in [0, 0.1) is 17.7 Å². The summed E-state index contributed by atoms with van der Waals surface area (Å²) in [6.07, 6.45) is 9.50. The Labute approximate surface area is 179 Å². The summed E-state index contributed by atoms with van der Waals surface area (Å²) in [6, 6.07) is 3.65. The van der Waals surface area contributed by atoms with Crippen molar-refractivity contribution in [2.24, 2.45) is 11.8 Å². The lowest BCUT2D eigenvalue weighted by molar-refractivity contribution is 0.0931. The van der Waals surface area contributed by atoms with Crippen LogP contribution >= 0.6 is 0 Å². The second-order valence-electron chi connectivity index (χ2n) is 9.16. The molecule has 1 saturated heterocycles. The highest BCUT2D eigenvalue weighted by atomic mass is 19.1. The van der Waals surface area contributed by atoms with E-state index in [2.05, 4.69) is 27.2 Å². The summed E-state index contributed by atoms with van der Waals surface area (Å²) >= 11 is 0. The number of rotatable bonds is 1. The van der Waals surface area contributed by atoms with Gasteiger partial charge >= 0.3 is 0 Å². The number of pyridine rings is 1. The molecule has 2 bridgehead atoms. The maximum absolute atomic E-state index is 14.3. The van der Waals surface area contributed by atoms with E-state index in [1.807, 2.05) is 12.3 Å². The van der Waals surface area contributed by atoms with Crippen molar-refractivity contribution in [1.82, 2.24) is 24.9 Å². The molecule has 1 amide bonds. The number of nitrogens with one attached hydrogen (secondary N) is 1. The molecular formula is C23H25FN6O. The second kappa shape index (κ2) is 7.00. The Morgan fingerprint density at radius 2 is 2.06 bits per heavy atom. The fraction of sp³-hybridized carbons (Fsp3) is 0.478. The van der Waals surface area contributed by atoms with Gasteiger partial charge in [0.15, 0.2) is 5.65 Å². The molecule has 1 saturated carbocycles. The predicted octanol–water partition coefficient (Wildman–Crippen LogP) is 3.31. The van der Waals surface area contributed by atoms with Crippen molar-refractivity contribution in [2.75, 3.05) is 11.4 Å². The highest BCUT2D eigenvalue weighted by molar-refractivity contribution is 6.00. The number of amides is 1.